The lowest BCUT2D eigenvalue weighted by Crippen LogP contribution is -2.39. The first-order chi connectivity index (χ1) is 6.16. The summed E-state index contributed by atoms with van der Waals surface area (Å²) in [6.45, 7) is 14.9. The van der Waals surface area contributed by atoms with E-state index in [4.69, 9.17) is 4.43 Å². The average molecular weight is 218 g/mol. The van der Waals surface area contributed by atoms with Crippen LogP contribution in [-0.4, -0.2) is 20.4 Å². The molecule has 0 bridgehead atoms. The van der Waals surface area contributed by atoms with Crippen LogP contribution in [-0.2, 0) is 4.43 Å². The van der Waals surface area contributed by atoms with Gasteiger partial charge in [0.1, 0.15) is 6.29 Å². The molecule has 14 heavy (non-hydrogen) atoms. The van der Waals surface area contributed by atoms with Crippen molar-refractivity contribution in [2.24, 2.45) is 17.3 Å². The minimum Gasteiger partial charge on any atom is -0.396 e. The lowest BCUT2D eigenvalue weighted by molar-refractivity contribution is -0.113. The highest BCUT2D eigenvalue weighted by atomic mass is 28.3. The molecule has 0 amide bonds. The molecule has 3 heteroatoms. The highest BCUT2D eigenvalue weighted by molar-refractivity contribution is 6.48. The number of hydrogen-bond donors (Lipinski definition) is 1. The number of hydrogen-bond acceptors (Lipinski definition) is 2. The molecule has 0 aliphatic rings. The topological polar surface area (TPSA) is 29.5 Å². The Balaban J connectivity index is 4.50. The van der Waals surface area contributed by atoms with Crippen LogP contribution in [0.25, 0.3) is 0 Å². The van der Waals surface area contributed by atoms with E-state index in [1.165, 1.54) is 0 Å². The molecule has 0 radical (unpaired) electrons. The fraction of sp³-hybridized carbons (Fsp3) is 1.00. The quantitative estimate of drug-likeness (QED) is 0.580. The van der Waals surface area contributed by atoms with Gasteiger partial charge in [0.2, 0.25) is 0 Å². The summed E-state index contributed by atoms with van der Waals surface area (Å²) in [6, 6.07) is 0. The third-order valence-electron chi connectivity index (χ3n) is 2.44. The molecule has 2 atom stereocenters. The van der Waals surface area contributed by atoms with Crippen LogP contribution in [0.1, 0.15) is 34.6 Å². The van der Waals surface area contributed by atoms with Crippen LogP contribution in [0.5, 0.6) is 0 Å². The number of aliphatic hydroxyl groups excluding tert-OH is 1. The zero-order valence-corrected chi connectivity index (χ0v) is 11.8. The van der Waals surface area contributed by atoms with Crippen molar-refractivity contribution in [1.29, 1.82) is 0 Å². The summed E-state index contributed by atoms with van der Waals surface area (Å²) in [5, 5.41) is 10.00. The molecular weight excluding hydrogens is 192 g/mol. The van der Waals surface area contributed by atoms with Gasteiger partial charge in [0.25, 0.3) is 0 Å². The van der Waals surface area contributed by atoms with Crippen molar-refractivity contribution >= 4 is 9.04 Å². The Bertz CT molecular complexity index is 161. The fourth-order valence-electron chi connectivity index (χ4n) is 2.12. The van der Waals surface area contributed by atoms with Gasteiger partial charge in [-0.05, 0) is 24.4 Å². The van der Waals surface area contributed by atoms with Crippen LogP contribution in [0.15, 0.2) is 0 Å². The SMILES string of the molecule is CC(C)C([C@@H](O)O[SiH](C)C)C(C)(C)C. The van der Waals surface area contributed by atoms with Crippen LogP contribution >= 0.6 is 0 Å². The van der Waals surface area contributed by atoms with Crippen molar-refractivity contribution in [1.82, 2.24) is 0 Å². The number of rotatable bonds is 4. The Morgan fingerprint density at radius 2 is 1.57 bits per heavy atom. The van der Waals surface area contributed by atoms with E-state index in [-0.39, 0.29) is 11.3 Å². The molecule has 0 saturated carbocycles. The Morgan fingerprint density at radius 3 is 1.79 bits per heavy atom. The summed E-state index contributed by atoms with van der Waals surface area (Å²) in [5.74, 6) is 0.648. The highest BCUT2D eigenvalue weighted by Crippen LogP contribution is 2.35. The van der Waals surface area contributed by atoms with Crippen molar-refractivity contribution < 1.29 is 9.53 Å². The largest absolute Gasteiger partial charge is 0.396 e. The molecule has 1 N–H and O–H groups in total. The van der Waals surface area contributed by atoms with E-state index in [0.717, 1.165) is 0 Å². The molecule has 0 aromatic carbocycles. The summed E-state index contributed by atoms with van der Waals surface area (Å²) in [7, 11) is -1.15. The molecule has 0 heterocycles. The summed E-state index contributed by atoms with van der Waals surface area (Å²) in [4.78, 5) is 0. The first-order valence-electron chi connectivity index (χ1n) is 5.49. The highest BCUT2D eigenvalue weighted by Gasteiger charge is 2.34. The van der Waals surface area contributed by atoms with Gasteiger partial charge in [-0.1, -0.05) is 34.6 Å². The minimum absolute atomic E-state index is 0.0941. The van der Waals surface area contributed by atoms with Crippen LogP contribution in [0.2, 0.25) is 13.1 Å². The lowest BCUT2D eigenvalue weighted by atomic mass is 9.74. The van der Waals surface area contributed by atoms with Crippen molar-refractivity contribution in [3.8, 4) is 0 Å². The maximum Gasteiger partial charge on any atom is 0.174 e. The Labute approximate surface area is 90.4 Å². The molecule has 0 rings (SSSR count). The third kappa shape index (κ3) is 4.58. The molecule has 0 fully saturated rings. The standard InChI is InChI=1S/C11H26O2Si/c1-8(2)9(11(3,4)5)10(12)13-14(6)7/h8-10,12,14H,1-7H3/t9?,10-/m0/s1. The van der Waals surface area contributed by atoms with Gasteiger partial charge in [-0.3, -0.25) is 0 Å². The fourth-order valence-corrected chi connectivity index (χ4v) is 2.85. The Kier molecular flexibility index (Phi) is 5.34. The van der Waals surface area contributed by atoms with E-state index in [1.54, 1.807) is 0 Å². The molecule has 0 aromatic rings. The molecule has 0 spiro atoms. The molecule has 0 aliphatic carbocycles. The van der Waals surface area contributed by atoms with Gasteiger partial charge in [-0.15, -0.1) is 0 Å². The smallest absolute Gasteiger partial charge is 0.174 e. The molecule has 0 aliphatic heterocycles. The Morgan fingerprint density at radius 1 is 1.14 bits per heavy atom. The monoisotopic (exact) mass is 218 g/mol. The van der Waals surface area contributed by atoms with Gasteiger partial charge in [0.05, 0.1) is 0 Å². The Hall–Kier alpha value is 0.137. The second-order valence-corrected chi connectivity index (χ2v) is 8.08. The summed E-state index contributed by atoms with van der Waals surface area (Å²) in [6.07, 6.45) is -0.596. The molecular formula is C11H26O2Si. The van der Waals surface area contributed by atoms with Crippen molar-refractivity contribution in [3.05, 3.63) is 0 Å². The van der Waals surface area contributed by atoms with Crippen LogP contribution < -0.4 is 0 Å². The van der Waals surface area contributed by atoms with Gasteiger partial charge in [0, 0.05) is 5.92 Å². The van der Waals surface area contributed by atoms with Crippen LogP contribution in [0, 0.1) is 17.3 Å². The first kappa shape index (κ1) is 14.1. The molecule has 86 valence electrons. The normalized spacial score (nSPS) is 17.6. The van der Waals surface area contributed by atoms with Gasteiger partial charge in [0.15, 0.2) is 9.04 Å². The van der Waals surface area contributed by atoms with E-state index in [1.807, 2.05) is 0 Å². The maximum atomic E-state index is 10.00. The summed E-state index contributed by atoms with van der Waals surface area (Å²) >= 11 is 0. The van der Waals surface area contributed by atoms with Crippen molar-refractivity contribution in [3.63, 3.8) is 0 Å². The molecule has 1 unspecified atom stereocenters. The molecule has 2 nitrogen and oxygen atoms in total. The van der Waals surface area contributed by atoms with E-state index in [2.05, 4.69) is 47.7 Å². The maximum absolute atomic E-state index is 10.00. The zero-order valence-electron chi connectivity index (χ0n) is 10.7. The van der Waals surface area contributed by atoms with Gasteiger partial charge in [-0.25, -0.2) is 0 Å². The van der Waals surface area contributed by atoms with E-state index < -0.39 is 15.3 Å². The van der Waals surface area contributed by atoms with Gasteiger partial charge >= 0.3 is 0 Å². The van der Waals surface area contributed by atoms with Gasteiger partial charge < -0.3 is 9.53 Å². The summed E-state index contributed by atoms with van der Waals surface area (Å²) in [5.41, 5.74) is 0.0941. The average Bonchev–Trinajstić information content (AvgIpc) is 1.78. The first-order valence-corrected chi connectivity index (χ1v) is 8.28. The second-order valence-electron chi connectivity index (χ2n) is 5.71. The minimum atomic E-state index is -1.15. The van der Waals surface area contributed by atoms with E-state index in [9.17, 15) is 5.11 Å². The zero-order chi connectivity index (χ0) is 11.5. The number of aliphatic hydroxyl groups is 1. The summed E-state index contributed by atoms with van der Waals surface area (Å²) < 4.78 is 5.59. The van der Waals surface area contributed by atoms with Gasteiger partial charge in [-0.2, -0.15) is 0 Å². The van der Waals surface area contributed by atoms with Crippen molar-refractivity contribution in [2.45, 2.75) is 54.0 Å². The van der Waals surface area contributed by atoms with Crippen LogP contribution in [0.3, 0.4) is 0 Å². The van der Waals surface area contributed by atoms with Crippen molar-refractivity contribution in [2.75, 3.05) is 0 Å². The predicted molar refractivity (Wildman–Crippen MR) is 63.8 cm³/mol. The van der Waals surface area contributed by atoms with E-state index >= 15 is 0 Å². The third-order valence-corrected chi connectivity index (χ3v) is 3.26. The predicted octanol–water partition coefficient (Wildman–Crippen LogP) is 2.62. The molecule has 0 aromatic heterocycles. The lowest BCUT2D eigenvalue weighted by Gasteiger charge is -2.38. The molecule has 0 saturated heterocycles. The van der Waals surface area contributed by atoms with E-state index in [0.29, 0.717) is 5.92 Å². The van der Waals surface area contributed by atoms with Crippen LogP contribution in [0.4, 0.5) is 0 Å². The second kappa shape index (κ2) is 5.28.